The fraction of sp³-hybridized carbons (Fsp3) is 0.857. The second-order valence-electron chi connectivity index (χ2n) is 2.95. The van der Waals surface area contributed by atoms with E-state index in [2.05, 4.69) is 5.32 Å². The summed E-state index contributed by atoms with van der Waals surface area (Å²) in [6.07, 6.45) is 2.50. The molecule has 0 unspecified atom stereocenters. The third-order valence-corrected chi connectivity index (χ3v) is 2.02. The lowest BCUT2D eigenvalue weighted by molar-refractivity contribution is -0.117. The Balaban J connectivity index is 2.20. The van der Waals surface area contributed by atoms with Gasteiger partial charge in [0.05, 0.1) is 12.6 Å². The Hall–Kier alpha value is -0.610. The number of primary amides is 1. The standard InChI is InChI=1S/C7H14N2O2/c8-7(11)4-9-5-2-1-3-6(5)10/h5-6,9-10H,1-4H2,(H2,8,11)/t5-,6-/m1/s1. The Morgan fingerprint density at radius 1 is 1.64 bits per heavy atom. The summed E-state index contributed by atoms with van der Waals surface area (Å²) in [4.78, 5) is 10.3. The highest BCUT2D eigenvalue weighted by atomic mass is 16.3. The van der Waals surface area contributed by atoms with Crippen LogP contribution in [-0.4, -0.2) is 29.7 Å². The van der Waals surface area contributed by atoms with Crippen molar-refractivity contribution in [2.75, 3.05) is 6.54 Å². The number of nitrogens with two attached hydrogens (primary N) is 1. The van der Waals surface area contributed by atoms with Gasteiger partial charge in [0, 0.05) is 6.04 Å². The van der Waals surface area contributed by atoms with E-state index in [-0.39, 0.29) is 24.6 Å². The van der Waals surface area contributed by atoms with E-state index in [0.29, 0.717) is 0 Å². The maximum atomic E-state index is 10.3. The number of rotatable bonds is 3. The number of carbonyl (C=O) groups excluding carboxylic acids is 1. The Kier molecular flexibility index (Phi) is 2.84. The molecule has 0 saturated heterocycles. The van der Waals surface area contributed by atoms with Gasteiger partial charge in [0.1, 0.15) is 0 Å². The molecule has 64 valence electrons. The van der Waals surface area contributed by atoms with Crippen molar-refractivity contribution < 1.29 is 9.90 Å². The fourth-order valence-electron chi connectivity index (χ4n) is 1.41. The van der Waals surface area contributed by atoms with Crippen LogP contribution in [0.15, 0.2) is 0 Å². The third-order valence-electron chi connectivity index (χ3n) is 2.02. The van der Waals surface area contributed by atoms with Crippen molar-refractivity contribution in [1.29, 1.82) is 0 Å². The summed E-state index contributed by atoms with van der Waals surface area (Å²) in [5, 5.41) is 12.2. The summed E-state index contributed by atoms with van der Waals surface area (Å²) in [6.45, 7) is 0.168. The predicted octanol–water partition coefficient (Wildman–Crippen LogP) is -1.03. The molecule has 0 aromatic heterocycles. The van der Waals surface area contributed by atoms with Crippen LogP contribution in [0.3, 0.4) is 0 Å². The molecule has 1 aliphatic rings. The monoisotopic (exact) mass is 158 g/mol. The van der Waals surface area contributed by atoms with E-state index in [0.717, 1.165) is 19.3 Å². The van der Waals surface area contributed by atoms with Gasteiger partial charge in [-0.05, 0) is 19.3 Å². The minimum absolute atomic E-state index is 0.0718. The van der Waals surface area contributed by atoms with E-state index < -0.39 is 0 Å². The van der Waals surface area contributed by atoms with Gasteiger partial charge in [0.25, 0.3) is 0 Å². The highest BCUT2D eigenvalue weighted by molar-refractivity contribution is 5.75. The zero-order chi connectivity index (χ0) is 8.27. The van der Waals surface area contributed by atoms with Gasteiger partial charge in [-0.3, -0.25) is 4.79 Å². The van der Waals surface area contributed by atoms with Crippen molar-refractivity contribution in [3.05, 3.63) is 0 Å². The topological polar surface area (TPSA) is 75.4 Å². The van der Waals surface area contributed by atoms with E-state index in [9.17, 15) is 9.90 Å². The second kappa shape index (κ2) is 3.69. The largest absolute Gasteiger partial charge is 0.392 e. The van der Waals surface area contributed by atoms with Gasteiger partial charge >= 0.3 is 0 Å². The molecule has 1 aliphatic carbocycles. The first-order valence-corrected chi connectivity index (χ1v) is 3.90. The molecule has 11 heavy (non-hydrogen) atoms. The smallest absolute Gasteiger partial charge is 0.231 e. The summed E-state index contributed by atoms with van der Waals surface area (Å²) >= 11 is 0. The minimum atomic E-state index is -0.371. The number of nitrogens with one attached hydrogen (secondary N) is 1. The van der Waals surface area contributed by atoms with Crippen molar-refractivity contribution >= 4 is 5.91 Å². The molecule has 0 aromatic carbocycles. The molecular formula is C7H14N2O2. The van der Waals surface area contributed by atoms with Gasteiger partial charge in [-0.25, -0.2) is 0 Å². The van der Waals surface area contributed by atoms with Crippen molar-refractivity contribution in [3.63, 3.8) is 0 Å². The number of carbonyl (C=O) groups is 1. The number of aliphatic hydroxyl groups excluding tert-OH is 1. The van der Waals surface area contributed by atoms with Crippen molar-refractivity contribution in [3.8, 4) is 0 Å². The predicted molar refractivity (Wildman–Crippen MR) is 40.8 cm³/mol. The second-order valence-corrected chi connectivity index (χ2v) is 2.95. The SMILES string of the molecule is NC(=O)CN[C@@H]1CCC[C@H]1O. The van der Waals surface area contributed by atoms with Crippen LogP contribution >= 0.6 is 0 Å². The summed E-state index contributed by atoms with van der Waals surface area (Å²) in [5.74, 6) is -0.371. The van der Waals surface area contributed by atoms with Crippen LogP contribution in [0, 0.1) is 0 Å². The molecule has 0 aromatic rings. The lowest BCUT2D eigenvalue weighted by Crippen LogP contribution is -2.40. The molecule has 1 fully saturated rings. The molecular weight excluding hydrogens is 144 g/mol. The lowest BCUT2D eigenvalue weighted by Gasteiger charge is -2.14. The minimum Gasteiger partial charge on any atom is -0.392 e. The maximum absolute atomic E-state index is 10.3. The van der Waals surface area contributed by atoms with Gasteiger partial charge in [-0.2, -0.15) is 0 Å². The summed E-state index contributed by atoms with van der Waals surface area (Å²) < 4.78 is 0. The van der Waals surface area contributed by atoms with Crippen LogP contribution in [0.1, 0.15) is 19.3 Å². The van der Waals surface area contributed by atoms with E-state index in [1.165, 1.54) is 0 Å². The Morgan fingerprint density at radius 2 is 2.36 bits per heavy atom. The highest BCUT2D eigenvalue weighted by Gasteiger charge is 2.24. The lowest BCUT2D eigenvalue weighted by atomic mass is 10.2. The van der Waals surface area contributed by atoms with E-state index in [1.807, 2.05) is 0 Å². The Morgan fingerprint density at radius 3 is 2.82 bits per heavy atom. The normalized spacial score (nSPS) is 30.6. The molecule has 1 amide bonds. The first kappa shape index (κ1) is 8.49. The molecule has 2 atom stereocenters. The van der Waals surface area contributed by atoms with E-state index >= 15 is 0 Å². The Labute approximate surface area is 65.8 Å². The first-order chi connectivity index (χ1) is 5.20. The first-order valence-electron chi connectivity index (χ1n) is 3.90. The van der Waals surface area contributed by atoms with Gasteiger partial charge in [-0.1, -0.05) is 0 Å². The number of hydrogen-bond acceptors (Lipinski definition) is 3. The molecule has 0 heterocycles. The number of aliphatic hydroxyl groups is 1. The average molecular weight is 158 g/mol. The molecule has 0 bridgehead atoms. The van der Waals surface area contributed by atoms with E-state index in [4.69, 9.17) is 5.73 Å². The molecule has 4 nitrogen and oxygen atoms in total. The highest BCUT2D eigenvalue weighted by Crippen LogP contribution is 2.18. The number of hydrogen-bond donors (Lipinski definition) is 3. The average Bonchev–Trinajstić information content (AvgIpc) is 2.31. The van der Waals surface area contributed by atoms with Crippen LogP contribution in [0.4, 0.5) is 0 Å². The third kappa shape index (κ3) is 2.48. The van der Waals surface area contributed by atoms with Crippen molar-refractivity contribution in [2.24, 2.45) is 5.73 Å². The quantitative estimate of drug-likeness (QED) is 0.492. The van der Waals surface area contributed by atoms with Crippen molar-refractivity contribution in [1.82, 2.24) is 5.32 Å². The summed E-state index contributed by atoms with van der Waals surface area (Å²) in [7, 11) is 0. The van der Waals surface area contributed by atoms with Crippen LogP contribution < -0.4 is 11.1 Å². The van der Waals surface area contributed by atoms with Gasteiger partial charge in [0.2, 0.25) is 5.91 Å². The van der Waals surface area contributed by atoms with Gasteiger partial charge in [-0.15, -0.1) is 0 Å². The van der Waals surface area contributed by atoms with Crippen LogP contribution in [-0.2, 0) is 4.79 Å². The van der Waals surface area contributed by atoms with Crippen LogP contribution in [0.2, 0.25) is 0 Å². The molecule has 1 saturated carbocycles. The summed E-state index contributed by atoms with van der Waals surface area (Å²) in [6, 6.07) is 0.0718. The molecule has 0 spiro atoms. The molecule has 4 heteroatoms. The van der Waals surface area contributed by atoms with Crippen LogP contribution in [0.5, 0.6) is 0 Å². The number of amides is 1. The zero-order valence-corrected chi connectivity index (χ0v) is 6.42. The molecule has 1 rings (SSSR count). The molecule has 4 N–H and O–H groups in total. The van der Waals surface area contributed by atoms with Crippen molar-refractivity contribution in [2.45, 2.75) is 31.4 Å². The van der Waals surface area contributed by atoms with Gasteiger partial charge in [0.15, 0.2) is 0 Å². The van der Waals surface area contributed by atoms with Crippen LogP contribution in [0.25, 0.3) is 0 Å². The Bertz CT molecular complexity index is 149. The summed E-state index contributed by atoms with van der Waals surface area (Å²) in [5.41, 5.74) is 4.93. The maximum Gasteiger partial charge on any atom is 0.231 e. The van der Waals surface area contributed by atoms with Gasteiger partial charge < -0.3 is 16.2 Å². The molecule has 0 radical (unpaired) electrons. The molecule has 0 aliphatic heterocycles. The fourth-order valence-corrected chi connectivity index (χ4v) is 1.41. The zero-order valence-electron chi connectivity index (χ0n) is 6.42. The van der Waals surface area contributed by atoms with E-state index in [1.54, 1.807) is 0 Å².